The maximum absolute atomic E-state index is 11.3. The number of benzene rings is 2. The summed E-state index contributed by atoms with van der Waals surface area (Å²) in [6.45, 7) is 0. The van der Waals surface area contributed by atoms with Gasteiger partial charge < -0.3 is 9.84 Å². The number of hydrogen-bond donors (Lipinski definition) is 1. The number of pyridine rings is 1. The van der Waals surface area contributed by atoms with Crippen LogP contribution in [0, 0.1) is 0 Å². The van der Waals surface area contributed by atoms with Crippen LogP contribution in [0.5, 0.6) is 11.5 Å². The van der Waals surface area contributed by atoms with Crippen molar-refractivity contribution >= 4 is 17.7 Å². The Morgan fingerprint density at radius 1 is 0.913 bits per heavy atom. The summed E-state index contributed by atoms with van der Waals surface area (Å²) in [4.78, 5) is 16.7. The van der Waals surface area contributed by atoms with Crippen LogP contribution < -0.4 is 4.74 Å². The third-order valence-corrected chi connectivity index (χ3v) is 4.04. The quantitative estimate of drug-likeness (QED) is 0.736. The minimum Gasteiger partial charge on any atom is -0.478 e. The zero-order chi connectivity index (χ0) is 16.1. The van der Waals surface area contributed by atoms with Crippen LogP contribution in [-0.4, -0.2) is 16.1 Å². The largest absolute Gasteiger partial charge is 0.478 e. The number of carbonyl (C=O) groups is 1. The molecule has 0 amide bonds. The summed E-state index contributed by atoms with van der Waals surface area (Å²) in [5, 5.41) is 9.93. The highest BCUT2D eigenvalue weighted by molar-refractivity contribution is 7.99. The normalized spacial score (nSPS) is 10.3. The predicted octanol–water partition coefficient (Wildman–Crippen LogP) is 4.72. The number of nitrogens with zero attached hydrogens (tertiary/aromatic N) is 1. The summed E-state index contributed by atoms with van der Waals surface area (Å²) in [6, 6.07) is 19.9. The average Bonchev–Trinajstić information content (AvgIpc) is 2.58. The SMILES string of the molecule is O=C(O)c1ccccc1Oc1cccnc1Sc1ccccc1. The van der Waals surface area contributed by atoms with E-state index in [9.17, 15) is 9.90 Å². The Bertz CT molecular complexity index is 821. The van der Waals surface area contributed by atoms with Gasteiger partial charge in [0, 0.05) is 11.1 Å². The second-order valence-corrected chi connectivity index (χ2v) is 5.69. The molecule has 5 heteroatoms. The predicted molar refractivity (Wildman–Crippen MR) is 88.3 cm³/mol. The summed E-state index contributed by atoms with van der Waals surface area (Å²) >= 11 is 1.46. The number of hydrogen-bond acceptors (Lipinski definition) is 4. The topological polar surface area (TPSA) is 59.4 Å². The molecule has 0 aliphatic rings. The van der Waals surface area contributed by atoms with E-state index in [4.69, 9.17) is 4.74 Å². The molecule has 0 unspecified atom stereocenters. The molecule has 0 radical (unpaired) electrons. The summed E-state index contributed by atoms with van der Waals surface area (Å²) in [7, 11) is 0. The van der Waals surface area contributed by atoms with Crippen molar-refractivity contribution in [3.8, 4) is 11.5 Å². The van der Waals surface area contributed by atoms with Gasteiger partial charge in [0.05, 0.1) is 0 Å². The van der Waals surface area contributed by atoms with Crippen molar-refractivity contribution in [2.24, 2.45) is 0 Å². The summed E-state index contributed by atoms with van der Waals surface area (Å²) < 4.78 is 5.81. The fourth-order valence-electron chi connectivity index (χ4n) is 1.98. The average molecular weight is 323 g/mol. The lowest BCUT2D eigenvalue weighted by molar-refractivity contribution is 0.0694. The van der Waals surface area contributed by atoms with Crippen molar-refractivity contribution in [2.45, 2.75) is 9.92 Å². The third kappa shape index (κ3) is 3.70. The third-order valence-electron chi connectivity index (χ3n) is 3.03. The molecule has 0 saturated heterocycles. The maximum atomic E-state index is 11.3. The van der Waals surface area contributed by atoms with Gasteiger partial charge in [-0.1, -0.05) is 42.1 Å². The lowest BCUT2D eigenvalue weighted by atomic mass is 10.2. The van der Waals surface area contributed by atoms with Crippen LogP contribution in [0.1, 0.15) is 10.4 Å². The van der Waals surface area contributed by atoms with E-state index in [1.165, 1.54) is 17.8 Å². The van der Waals surface area contributed by atoms with Crippen LogP contribution in [0.2, 0.25) is 0 Å². The van der Waals surface area contributed by atoms with Crippen molar-refractivity contribution in [2.75, 3.05) is 0 Å². The first-order chi connectivity index (χ1) is 11.2. The maximum Gasteiger partial charge on any atom is 0.339 e. The lowest BCUT2D eigenvalue weighted by Crippen LogP contribution is -2.00. The van der Waals surface area contributed by atoms with Crippen LogP contribution in [0.15, 0.2) is 82.8 Å². The molecule has 1 aromatic heterocycles. The summed E-state index contributed by atoms with van der Waals surface area (Å²) in [5.41, 5.74) is 0.118. The molecule has 3 rings (SSSR count). The number of rotatable bonds is 5. The molecule has 23 heavy (non-hydrogen) atoms. The molecule has 3 aromatic rings. The van der Waals surface area contributed by atoms with Crippen LogP contribution in [0.25, 0.3) is 0 Å². The van der Waals surface area contributed by atoms with Crippen molar-refractivity contribution in [3.05, 3.63) is 78.5 Å². The van der Waals surface area contributed by atoms with Crippen molar-refractivity contribution < 1.29 is 14.6 Å². The van der Waals surface area contributed by atoms with E-state index in [1.54, 1.807) is 36.5 Å². The number of carboxylic acids is 1. The zero-order valence-corrected chi connectivity index (χ0v) is 12.9. The lowest BCUT2D eigenvalue weighted by Gasteiger charge is -2.11. The van der Waals surface area contributed by atoms with Crippen molar-refractivity contribution in [1.29, 1.82) is 0 Å². The van der Waals surface area contributed by atoms with Gasteiger partial charge in [0.25, 0.3) is 0 Å². The molecule has 0 spiro atoms. The first-order valence-electron chi connectivity index (χ1n) is 6.92. The Balaban J connectivity index is 1.91. The van der Waals surface area contributed by atoms with E-state index in [1.807, 2.05) is 30.3 Å². The van der Waals surface area contributed by atoms with E-state index in [0.717, 1.165) is 4.90 Å². The fraction of sp³-hybridized carbons (Fsp3) is 0. The van der Waals surface area contributed by atoms with Gasteiger partial charge in [-0.05, 0) is 36.4 Å². The number of aromatic nitrogens is 1. The van der Waals surface area contributed by atoms with E-state index in [2.05, 4.69) is 4.98 Å². The molecule has 0 bridgehead atoms. The second kappa shape index (κ2) is 6.98. The molecule has 0 aliphatic carbocycles. The van der Waals surface area contributed by atoms with E-state index in [-0.39, 0.29) is 5.56 Å². The number of aromatic carboxylic acids is 1. The molecular formula is C18H13NO3S. The Kier molecular flexibility index (Phi) is 4.59. The van der Waals surface area contributed by atoms with E-state index in [0.29, 0.717) is 16.5 Å². The van der Waals surface area contributed by atoms with Gasteiger partial charge in [-0.25, -0.2) is 9.78 Å². The molecule has 114 valence electrons. The first-order valence-corrected chi connectivity index (χ1v) is 7.74. The van der Waals surface area contributed by atoms with E-state index >= 15 is 0 Å². The van der Waals surface area contributed by atoms with Gasteiger partial charge in [0.2, 0.25) is 0 Å². The number of ether oxygens (including phenoxy) is 1. The van der Waals surface area contributed by atoms with Gasteiger partial charge in [-0.2, -0.15) is 0 Å². The van der Waals surface area contributed by atoms with Gasteiger partial charge in [0.15, 0.2) is 5.75 Å². The molecule has 2 aromatic carbocycles. The van der Waals surface area contributed by atoms with Gasteiger partial charge in [0.1, 0.15) is 16.3 Å². The van der Waals surface area contributed by atoms with Gasteiger partial charge in [-0.3, -0.25) is 0 Å². The Hall–Kier alpha value is -2.79. The molecule has 0 aliphatic heterocycles. The van der Waals surface area contributed by atoms with Crippen LogP contribution >= 0.6 is 11.8 Å². The molecule has 1 heterocycles. The number of carboxylic acid groups (broad SMARTS) is 1. The summed E-state index contributed by atoms with van der Waals surface area (Å²) in [5.74, 6) is -0.209. The highest BCUT2D eigenvalue weighted by Gasteiger charge is 2.14. The molecular weight excluding hydrogens is 310 g/mol. The fourth-order valence-corrected chi connectivity index (χ4v) is 2.82. The van der Waals surface area contributed by atoms with Crippen LogP contribution in [0.3, 0.4) is 0 Å². The smallest absolute Gasteiger partial charge is 0.339 e. The first kappa shape index (κ1) is 15.1. The van der Waals surface area contributed by atoms with Crippen LogP contribution in [0.4, 0.5) is 0 Å². The minimum atomic E-state index is -1.03. The Morgan fingerprint density at radius 2 is 1.61 bits per heavy atom. The monoisotopic (exact) mass is 323 g/mol. The zero-order valence-electron chi connectivity index (χ0n) is 12.0. The molecule has 0 atom stereocenters. The molecule has 1 N–H and O–H groups in total. The highest BCUT2D eigenvalue weighted by atomic mass is 32.2. The van der Waals surface area contributed by atoms with Gasteiger partial charge in [-0.15, -0.1) is 0 Å². The van der Waals surface area contributed by atoms with E-state index < -0.39 is 5.97 Å². The number of para-hydroxylation sites is 1. The van der Waals surface area contributed by atoms with Gasteiger partial charge >= 0.3 is 5.97 Å². The Morgan fingerprint density at radius 3 is 2.39 bits per heavy atom. The molecule has 0 saturated carbocycles. The molecule has 0 fully saturated rings. The summed E-state index contributed by atoms with van der Waals surface area (Å²) in [6.07, 6.45) is 1.68. The highest BCUT2D eigenvalue weighted by Crippen LogP contribution is 2.36. The van der Waals surface area contributed by atoms with Crippen molar-refractivity contribution in [1.82, 2.24) is 4.98 Å². The Labute approximate surface area is 137 Å². The van der Waals surface area contributed by atoms with Crippen molar-refractivity contribution in [3.63, 3.8) is 0 Å². The molecule has 4 nitrogen and oxygen atoms in total. The van der Waals surface area contributed by atoms with Crippen LogP contribution in [-0.2, 0) is 0 Å². The minimum absolute atomic E-state index is 0.118. The standard InChI is InChI=1S/C18H13NO3S/c20-18(21)14-9-4-5-10-15(14)22-16-11-6-12-19-17(16)23-13-7-2-1-3-8-13/h1-12H,(H,20,21). The second-order valence-electron chi connectivity index (χ2n) is 4.63.